The molecule has 2 aliphatic heterocycles. The summed E-state index contributed by atoms with van der Waals surface area (Å²) in [5, 5.41) is 22.5. The molecule has 2 fully saturated rings. The smallest absolute Gasteiger partial charge is 0.389 e. The maximum Gasteiger partial charge on any atom is 0.475 e. The molecule has 0 radical (unpaired) electrons. The molecule has 6 atom stereocenters. The first-order valence-corrected chi connectivity index (χ1v) is 23.3. The van der Waals surface area contributed by atoms with Gasteiger partial charge in [-0.1, -0.05) is 115 Å². The molecule has 63 heavy (non-hydrogen) atoms. The Bertz CT molecular complexity index is 2140. The molecule has 4 aromatic rings. The van der Waals surface area contributed by atoms with Crippen molar-refractivity contribution in [1.29, 1.82) is 0 Å². The molecule has 6 heterocycles. The highest BCUT2D eigenvalue weighted by Crippen LogP contribution is 2.53. The molecule has 0 amide bonds. The van der Waals surface area contributed by atoms with Gasteiger partial charge in [-0.3, -0.25) is 22.7 Å². The lowest BCUT2D eigenvalue weighted by Gasteiger charge is -2.30. The zero-order chi connectivity index (χ0) is 45.0. The summed E-state index contributed by atoms with van der Waals surface area (Å²) in [7, 11) is -4.63. The molecule has 6 unspecified atom stereocenters. The number of nitrogens with two attached hydrogens (primary N) is 2. The third kappa shape index (κ3) is 11.7. The van der Waals surface area contributed by atoms with Crippen LogP contribution in [0.2, 0.25) is 0 Å². The van der Waals surface area contributed by atoms with Gasteiger partial charge in [-0.05, 0) is 6.42 Å². The molecule has 4 aromatic heterocycles. The number of aliphatic hydroxyl groups excluding tert-OH is 2. The maximum atomic E-state index is 14.5. The number of nitrogens with zero attached hydrogens (tertiary/aromatic N) is 8. The number of imidazole rings is 2. The fourth-order valence-corrected chi connectivity index (χ4v) is 9.25. The van der Waals surface area contributed by atoms with E-state index >= 15 is 0 Å². The second kappa shape index (κ2) is 22.0. The zero-order valence-electron chi connectivity index (χ0n) is 35.7. The van der Waals surface area contributed by atoms with Crippen LogP contribution in [0.3, 0.4) is 0 Å². The van der Waals surface area contributed by atoms with Gasteiger partial charge in [-0.2, -0.15) is 28.7 Å². The first-order chi connectivity index (χ1) is 30.4. The van der Waals surface area contributed by atoms with Crippen LogP contribution in [0, 0.1) is 36.8 Å². The minimum atomic E-state index is -4.63. The molecule has 21 heteroatoms. The first-order valence-electron chi connectivity index (χ1n) is 21.9. The maximum absolute atomic E-state index is 14.5. The lowest BCUT2D eigenvalue weighted by atomic mass is 9.99. The predicted octanol–water partition coefficient (Wildman–Crippen LogP) is 6.83. The molecule has 18 nitrogen and oxygen atoms in total. The van der Waals surface area contributed by atoms with Crippen molar-refractivity contribution in [3.8, 4) is 24.7 Å². The number of phosphoric acid groups is 1. The van der Waals surface area contributed by atoms with Crippen molar-refractivity contribution in [2.24, 2.45) is 0 Å². The molecule has 0 spiro atoms. The summed E-state index contributed by atoms with van der Waals surface area (Å²) in [5.74, 6) is 4.43. The highest BCUT2D eigenvalue weighted by Gasteiger charge is 2.52. The van der Waals surface area contributed by atoms with Crippen LogP contribution in [0.1, 0.15) is 135 Å². The zero-order valence-corrected chi connectivity index (χ0v) is 36.6. The lowest BCUT2D eigenvalue weighted by Crippen LogP contribution is -2.43. The van der Waals surface area contributed by atoms with Crippen molar-refractivity contribution < 1.29 is 46.6 Å². The van der Waals surface area contributed by atoms with E-state index in [2.05, 4.69) is 48.7 Å². The minimum absolute atomic E-state index is 0.000158. The molecule has 0 aromatic carbocycles. The van der Waals surface area contributed by atoms with Crippen LogP contribution in [0.5, 0.6) is 0 Å². The van der Waals surface area contributed by atoms with E-state index < -0.39 is 69.1 Å². The summed E-state index contributed by atoms with van der Waals surface area (Å²) in [6.07, 6.45) is 25.8. The fraction of sp³-hybridized carbons (Fsp3) is 0.667. The van der Waals surface area contributed by atoms with Gasteiger partial charge < -0.3 is 31.2 Å². The van der Waals surface area contributed by atoms with Gasteiger partial charge in [-0.15, -0.1) is 12.8 Å². The average Bonchev–Trinajstić information content (AvgIpc) is 4.04. The van der Waals surface area contributed by atoms with Crippen molar-refractivity contribution in [2.45, 2.75) is 158 Å². The number of fused-ring (bicyclic) bond motifs is 2. The Balaban J connectivity index is 1.06. The van der Waals surface area contributed by atoms with Gasteiger partial charge in [0.2, 0.25) is 0 Å². The van der Waals surface area contributed by atoms with Crippen molar-refractivity contribution in [3.05, 3.63) is 24.8 Å². The molecule has 6 rings (SSSR count). The summed E-state index contributed by atoms with van der Waals surface area (Å²) in [6.45, 7) is 0.807. The highest BCUT2D eigenvalue weighted by atomic mass is 31.2. The number of hydrogen-bond acceptors (Lipinski definition) is 16. The second-order valence-electron chi connectivity index (χ2n) is 16.3. The van der Waals surface area contributed by atoms with Gasteiger partial charge in [0.25, 0.3) is 0 Å². The van der Waals surface area contributed by atoms with Crippen molar-refractivity contribution >= 4 is 41.8 Å². The van der Waals surface area contributed by atoms with E-state index in [1.54, 1.807) is 0 Å². The standard InChI is InChI=1S/C42H59F2N10O8P/c1-4-7-8-9-10-11-12-13-14-15-16-17-18-19-20-21-22-58-63(57,59-25-41(5-2)29(55)23-31(61-41)53-27-47-33-35(45)49-39(43)51-37(33)53)60-26-42(6-3)30(56)24-32(62-42)54-28-48-34-36(46)50-40(44)52-38(34)54/h2-3,27-32,55-56H,4,7-26H2,1H3,(H2,45,49,51)(H2,46,50,52). The molecule has 0 bridgehead atoms. The van der Waals surface area contributed by atoms with Crippen molar-refractivity contribution in [1.82, 2.24) is 39.0 Å². The summed E-state index contributed by atoms with van der Waals surface area (Å²) in [5.41, 5.74) is 8.05. The summed E-state index contributed by atoms with van der Waals surface area (Å²) < 4.78 is 75.1. The van der Waals surface area contributed by atoms with Crippen LogP contribution in [0.25, 0.3) is 22.3 Å². The normalized spacial score (nSPS) is 24.6. The van der Waals surface area contributed by atoms with Gasteiger partial charge in [0.05, 0.1) is 19.3 Å². The van der Waals surface area contributed by atoms with E-state index in [4.69, 9.17) is 47.4 Å². The third-order valence-electron chi connectivity index (χ3n) is 11.7. The summed E-state index contributed by atoms with van der Waals surface area (Å²) in [6, 6.07) is 0. The monoisotopic (exact) mass is 900 g/mol. The number of ether oxygens (including phenoxy) is 2. The Morgan fingerprint density at radius 3 is 1.46 bits per heavy atom. The summed E-state index contributed by atoms with van der Waals surface area (Å²) >= 11 is 0. The molecule has 0 aliphatic carbocycles. The minimum Gasteiger partial charge on any atom is -0.389 e. The Morgan fingerprint density at radius 1 is 0.698 bits per heavy atom. The van der Waals surface area contributed by atoms with Crippen molar-refractivity contribution in [3.63, 3.8) is 0 Å². The number of nitrogen functional groups attached to an aromatic ring is 2. The van der Waals surface area contributed by atoms with Crippen LogP contribution in [-0.4, -0.2) is 92.5 Å². The van der Waals surface area contributed by atoms with E-state index in [0.717, 1.165) is 25.7 Å². The number of halogens is 2. The Morgan fingerprint density at radius 2 is 1.08 bits per heavy atom. The summed E-state index contributed by atoms with van der Waals surface area (Å²) in [4.78, 5) is 22.8. The largest absolute Gasteiger partial charge is 0.475 e. The van der Waals surface area contributed by atoms with E-state index in [1.165, 1.54) is 92.4 Å². The Labute approximate surface area is 365 Å². The molecular weight excluding hydrogens is 841 g/mol. The Hall–Kier alpha value is -4.37. The molecule has 2 aliphatic rings. The molecule has 344 valence electrons. The first kappa shape index (κ1) is 48.1. The van der Waals surface area contributed by atoms with Gasteiger partial charge in [0, 0.05) is 12.8 Å². The van der Waals surface area contributed by atoms with Crippen LogP contribution in [0.4, 0.5) is 20.4 Å². The highest BCUT2D eigenvalue weighted by molar-refractivity contribution is 7.48. The van der Waals surface area contributed by atoms with Gasteiger partial charge in [0.1, 0.15) is 37.9 Å². The lowest BCUT2D eigenvalue weighted by molar-refractivity contribution is -0.102. The second-order valence-corrected chi connectivity index (χ2v) is 17.9. The third-order valence-corrected chi connectivity index (χ3v) is 13.1. The van der Waals surface area contributed by atoms with Gasteiger partial charge in [-0.25, -0.2) is 14.5 Å². The quantitative estimate of drug-likeness (QED) is 0.0218. The number of phosphoric ester groups is 1. The number of anilines is 2. The van der Waals surface area contributed by atoms with E-state index in [9.17, 15) is 23.6 Å². The number of hydrogen-bond donors (Lipinski definition) is 4. The molecule has 6 N–H and O–H groups in total. The Kier molecular flexibility index (Phi) is 16.8. The fourth-order valence-electron chi connectivity index (χ4n) is 7.98. The molecule has 2 saturated heterocycles. The van der Waals surface area contributed by atoms with E-state index in [1.807, 2.05) is 0 Å². The number of unbranched alkanes of at least 4 members (excludes halogenated alkanes) is 15. The number of aromatic nitrogens is 8. The van der Waals surface area contributed by atoms with Crippen LogP contribution in [0.15, 0.2) is 12.7 Å². The van der Waals surface area contributed by atoms with Crippen molar-refractivity contribution in [2.75, 3.05) is 31.3 Å². The number of rotatable bonds is 26. The predicted molar refractivity (Wildman–Crippen MR) is 229 cm³/mol. The van der Waals surface area contributed by atoms with Crippen LogP contribution >= 0.6 is 7.82 Å². The molecule has 0 saturated carbocycles. The average molecular weight is 901 g/mol. The number of aliphatic hydroxyl groups is 2. The van der Waals surface area contributed by atoms with E-state index in [0.29, 0.717) is 6.42 Å². The topological polar surface area (TPSA) is 243 Å². The van der Waals surface area contributed by atoms with E-state index in [-0.39, 0.29) is 53.4 Å². The SMILES string of the molecule is C#CC1(COP(=O)(OCCCCCCCCCCCCCCCCCC)OCC2(C#C)OC(n3cnc4c(N)nc(F)nc43)CC2O)OC(n2cnc3c(N)nc(F)nc32)CC1O. The van der Waals surface area contributed by atoms with Gasteiger partial charge >= 0.3 is 20.0 Å². The number of terminal acetylenes is 2. The van der Waals surface area contributed by atoms with Crippen LogP contribution in [-0.2, 0) is 27.6 Å². The van der Waals surface area contributed by atoms with Gasteiger partial charge in [0.15, 0.2) is 45.2 Å². The molecular formula is C42H59F2N10O8P. The van der Waals surface area contributed by atoms with Crippen LogP contribution < -0.4 is 11.5 Å².